The molecule has 1 aliphatic carbocycles. The first kappa shape index (κ1) is 22.1. The molecule has 176 valence electrons. The van der Waals surface area contributed by atoms with Crippen molar-refractivity contribution >= 4 is 34.9 Å². The third-order valence-electron chi connectivity index (χ3n) is 6.22. The number of hydrogen-bond acceptors (Lipinski definition) is 6. The zero-order chi connectivity index (χ0) is 24.2. The lowest BCUT2D eigenvalue weighted by Crippen LogP contribution is -2.40. The highest BCUT2D eigenvalue weighted by Crippen LogP contribution is 2.43. The fourth-order valence-corrected chi connectivity index (χ4v) is 4.56. The van der Waals surface area contributed by atoms with Crippen LogP contribution in [0.1, 0.15) is 57.2 Å². The van der Waals surface area contributed by atoms with Crippen molar-refractivity contribution in [3.05, 3.63) is 57.1 Å². The molecule has 2 aliphatic rings. The molecule has 3 aromatic rings. The summed E-state index contributed by atoms with van der Waals surface area (Å²) in [6.07, 6.45) is 2.30. The van der Waals surface area contributed by atoms with E-state index < -0.39 is 39.8 Å². The number of Topliss-reactive ketones (excluding diaryl/α,β-unsaturated/α-hetero) is 1. The summed E-state index contributed by atoms with van der Waals surface area (Å²) in [7, 11) is 0. The van der Waals surface area contributed by atoms with Gasteiger partial charge in [0, 0.05) is 12.2 Å². The van der Waals surface area contributed by atoms with E-state index >= 15 is 0 Å². The zero-order valence-electron chi connectivity index (χ0n) is 17.8. The molecule has 2 amide bonds. The molecule has 1 aromatic carbocycles. The lowest BCUT2D eigenvalue weighted by molar-refractivity contribution is -0.118. The normalized spacial score (nSPS) is 15.6. The Bertz CT molecular complexity index is 1350. The molecule has 34 heavy (non-hydrogen) atoms. The number of nitrogens with one attached hydrogen (secondary N) is 3. The number of hydrogen-bond donors (Lipinski definition) is 3. The molecule has 0 bridgehead atoms. The van der Waals surface area contributed by atoms with Crippen LogP contribution in [0.15, 0.2) is 12.1 Å². The number of halogens is 3. The maximum Gasteiger partial charge on any atom is 0.293 e. The summed E-state index contributed by atoms with van der Waals surface area (Å²) in [4.78, 5) is 39.1. The predicted octanol–water partition coefficient (Wildman–Crippen LogP) is 2.43. The summed E-state index contributed by atoms with van der Waals surface area (Å²) < 4.78 is 29.4. The summed E-state index contributed by atoms with van der Waals surface area (Å²) in [5.41, 5.74) is -0.0127. The van der Waals surface area contributed by atoms with Crippen molar-refractivity contribution in [3.63, 3.8) is 0 Å². The van der Waals surface area contributed by atoms with Crippen molar-refractivity contribution in [2.24, 2.45) is 0 Å². The van der Waals surface area contributed by atoms with Gasteiger partial charge in [-0.15, -0.1) is 10.2 Å². The second-order valence-corrected chi connectivity index (χ2v) is 8.71. The Kier molecular flexibility index (Phi) is 5.19. The molecular weight excluding hydrogens is 472 g/mol. The minimum absolute atomic E-state index is 0.128. The van der Waals surface area contributed by atoms with Crippen LogP contribution in [0.3, 0.4) is 0 Å². The number of carbonyl (C=O) groups is 3. The maximum absolute atomic E-state index is 14.3. The number of H-pyrrole nitrogens is 1. The van der Waals surface area contributed by atoms with Crippen LogP contribution in [0.2, 0.25) is 5.02 Å². The molecule has 10 nitrogen and oxygen atoms in total. The summed E-state index contributed by atoms with van der Waals surface area (Å²) in [5.74, 6) is -4.08. The number of ketones is 1. The molecule has 0 atom stereocenters. The van der Waals surface area contributed by atoms with Gasteiger partial charge in [0.25, 0.3) is 17.6 Å². The maximum atomic E-state index is 14.3. The molecule has 5 rings (SSSR count). The number of nitrogens with zero attached hydrogens (tertiary/aromatic N) is 4. The molecule has 3 heterocycles. The Morgan fingerprint density at radius 3 is 2.68 bits per heavy atom. The van der Waals surface area contributed by atoms with Crippen molar-refractivity contribution < 1.29 is 23.2 Å². The van der Waals surface area contributed by atoms with Crippen molar-refractivity contribution in [1.29, 1.82) is 0 Å². The van der Waals surface area contributed by atoms with Gasteiger partial charge in [0.05, 0.1) is 11.3 Å². The van der Waals surface area contributed by atoms with E-state index in [1.165, 1.54) is 0 Å². The van der Waals surface area contributed by atoms with Crippen molar-refractivity contribution in [2.75, 3.05) is 5.32 Å². The van der Waals surface area contributed by atoms with Crippen molar-refractivity contribution in [1.82, 2.24) is 30.5 Å². The minimum atomic E-state index is -1.10. The lowest BCUT2D eigenvalue weighted by atomic mass is 10.0. The smallest absolute Gasteiger partial charge is 0.293 e. The molecule has 13 heteroatoms. The predicted molar refractivity (Wildman–Crippen MR) is 114 cm³/mol. The molecule has 0 spiro atoms. The van der Waals surface area contributed by atoms with Gasteiger partial charge in [-0.3, -0.25) is 14.4 Å². The van der Waals surface area contributed by atoms with Crippen LogP contribution in [0.5, 0.6) is 0 Å². The number of rotatable bonds is 6. The second kappa shape index (κ2) is 7.97. The van der Waals surface area contributed by atoms with Crippen LogP contribution in [0.25, 0.3) is 0 Å². The van der Waals surface area contributed by atoms with E-state index in [4.69, 9.17) is 11.6 Å². The largest absolute Gasteiger partial charge is 0.340 e. The first-order chi connectivity index (χ1) is 16.2. The number of tetrazole rings is 1. The SMILES string of the molecule is Cc1c(C(=O)C(=O)NC2(c3nn[nH]n3)CC2)c2n(c1C(=O)Nc1ccc(F)c(Cl)c1F)CCC2. The van der Waals surface area contributed by atoms with Crippen LogP contribution < -0.4 is 10.6 Å². The van der Waals surface area contributed by atoms with Gasteiger partial charge in [-0.1, -0.05) is 16.8 Å². The molecule has 1 saturated carbocycles. The number of aromatic nitrogens is 5. The van der Waals surface area contributed by atoms with Gasteiger partial charge in [0.1, 0.15) is 22.1 Å². The van der Waals surface area contributed by atoms with Gasteiger partial charge in [-0.25, -0.2) is 8.78 Å². The van der Waals surface area contributed by atoms with Crippen LogP contribution in [-0.4, -0.2) is 42.8 Å². The topological polar surface area (TPSA) is 135 Å². The number of carbonyl (C=O) groups excluding carboxylic acids is 3. The summed E-state index contributed by atoms with van der Waals surface area (Å²) in [6.45, 7) is 2.01. The second-order valence-electron chi connectivity index (χ2n) is 8.33. The number of aromatic amines is 1. The summed E-state index contributed by atoms with van der Waals surface area (Å²) in [6, 6.07) is 2.00. The summed E-state index contributed by atoms with van der Waals surface area (Å²) in [5, 5.41) is 18.0. The zero-order valence-corrected chi connectivity index (χ0v) is 18.6. The van der Waals surface area contributed by atoms with E-state index in [9.17, 15) is 23.2 Å². The first-order valence-corrected chi connectivity index (χ1v) is 10.9. The third-order valence-corrected chi connectivity index (χ3v) is 6.56. The number of amides is 2. The molecular formula is C21H18ClF2N7O3. The van der Waals surface area contributed by atoms with Crippen LogP contribution >= 0.6 is 11.6 Å². The standard InChI is InChI=1S/C21H18ClF2N7O3/c1-9-13(17(32)19(34)26-21(6-7-21)20-27-29-30-28-20)12-3-2-8-31(12)16(9)18(33)25-11-5-4-10(23)14(22)15(11)24/h4-5H,2-3,6-8H2,1H3,(H,25,33)(H,26,34)(H,27,28,29,30). The average Bonchev–Trinajstić information content (AvgIpc) is 3.16. The quantitative estimate of drug-likeness (QED) is 0.276. The molecule has 1 aliphatic heterocycles. The van der Waals surface area contributed by atoms with Gasteiger partial charge in [0.15, 0.2) is 11.6 Å². The number of anilines is 1. The molecule has 3 N–H and O–H groups in total. The Morgan fingerprint density at radius 2 is 2.00 bits per heavy atom. The van der Waals surface area contributed by atoms with Gasteiger partial charge < -0.3 is 15.2 Å². The molecule has 0 radical (unpaired) electrons. The minimum Gasteiger partial charge on any atom is -0.340 e. The number of fused-ring (bicyclic) bond motifs is 1. The van der Waals surface area contributed by atoms with E-state index in [1.807, 2.05) is 0 Å². The highest BCUT2D eigenvalue weighted by Gasteiger charge is 2.50. The van der Waals surface area contributed by atoms with Gasteiger partial charge in [-0.2, -0.15) is 5.21 Å². The molecule has 0 unspecified atom stereocenters. The molecule has 2 aromatic heterocycles. The Labute approximate surface area is 196 Å². The van der Waals surface area contributed by atoms with Gasteiger partial charge >= 0.3 is 0 Å². The van der Waals surface area contributed by atoms with Crippen LogP contribution in [0, 0.1) is 18.6 Å². The highest BCUT2D eigenvalue weighted by atomic mass is 35.5. The monoisotopic (exact) mass is 489 g/mol. The van der Waals surface area contributed by atoms with Gasteiger partial charge in [0.2, 0.25) is 0 Å². The number of benzene rings is 1. The van der Waals surface area contributed by atoms with Crippen LogP contribution in [0.4, 0.5) is 14.5 Å². The van der Waals surface area contributed by atoms with E-state index in [0.717, 1.165) is 12.1 Å². The van der Waals surface area contributed by atoms with E-state index in [0.29, 0.717) is 49.3 Å². The Morgan fingerprint density at radius 1 is 1.24 bits per heavy atom. The van der Waals surface area contributed by atoms with E-state index in [-0.39, 0.29) is 16.9 Å². The van der Waals surface area contributed by atoms with E-state index in [1.54, 1.807) is 11.5 Å². The Hall–Kier alpha value is -3.67. The Balaban J connectivity index is 1.44. The fourth-order valence-electron chi connectivity index (χ4n) is 4.40. The van der Waals surface area contributed by atoms with Gasteiger partial charge in [-0.05, 0) is 50.3 Å². The average molecular weight is 490 g/mol. The molecule has 0 saturated heterocycles. The first-order valence-electron chi connectivity index (χ1n) is 10.5. The van der Waals surface area contributed by atoms with Crippen LogP contribution in [-0.2, 0) is 23.3 Å². The lowest BCUT2D eigenvalue weighted by Gasteiger charge is -2.13. The van der Waals surface area contributed by atoms with Crippen molar-refractivity contribution in [3.8, 4) is 0 Å². The summed E-state index contributed by atoms with van der Waals surface area (Å²) >= 11 is 5.60. The van der Waals surface area contributed by atoms with E-state index in [2.05, 4.69) is 31.3 Å². The third kappa shape index (κ3) is 3.45. The fraction of sp³-hybridized carbons (Fsp3) is 0.333. The highest BCUT2D eigenvalue weighted by molar-refractivity contribution is 6.44. The molecule has 1 fully saturated rings. The van der Waals surface area contributed by atoms with Crippen molar-refractivity contribution in [2.45, 2.75) is 44.7 Å².